The lowest BCUT2D eigenvalue weighted by molar-refractivity contribution is -0.149. The zero-order valence-corrected chi connectivity index (χ0v) is 10.8. The number of methoxy groups -OCH3 is 1. The quantitative estimate of drug-likeness (QED) is 0.527. The van der Waals surface area contributed by atoms with Crippen LogP contribution in [0.4, 0.5) is 0 Å². The Morgan fingerprint density at radius 3 is 2.20 bits per heavy atom. The molecule has 88 valence electrons. The average Bonchev–Trinajstić information content (AvgIpc) is 2.09. The zero-order chi connectivity index (χ0) is 12.1. The zero-order valence-electron chi connectivity index (χ0n) is 10.8. The van der Waals surface area contributed by atoms with Crippen molar-refractivity contribution in [1.29, 1.82) is 0 Å². The number of carbonyl (C=O) groups is 1. The average molecular weight is 212 g/mol. The molecule has 0 saturated heterocycles. The molecule has 0 bridgehead atoms. The molecule has 0 aliphatic carbocycles. The Morgan fingerprint density at radius 1 is 1.33 bits per heavy atom. The van der Waals surface area contributed by atoms with Gasteiger partial charge in [0.05, 0.1) is 13.0 Å². The van der Waals surface area contributed by atoms with Gasteiger partial charge >= 0.3 is 5.97 Å². The van der Waals surface area contributed by atoms with Gasteiger partial charge in [0.15, 0.2) is 0 Å². The van der Waals surface area contributed by atoms with E-state index in [9.17, 15) is 4.79 Å². The van der Waals surface area contributed by atoms with Gasteiger partial charge in [-0.25, -0.2) is 0 Å². The van der Waals surface area contributed by atoms with Crippen molar-refractivity contribution in [2.45, 2.75) is 41.0 Å². The maximum atomic E-state index is 11.6. The molecule has 0 radical (unpaired) electrons. The molecule has 0 spiro atoms. The minimum Gasteiger partial charge on any atom is -0.469 e. The van der Waals surface area contributed by atoms with Crippen molar-refractivity contribution in [3.05, 3.63) is 12.2 Å². The maximum absolute atomic E-state index is 11.6. The van der Waals surface area contributed by atoms with Gasteiger partial charge in [0.2, 0.25) is 0 Å². The molecule has 0 aromatic carbocycles. The minimum atomic E-state index is -0.115. The molecule has 0 aromatic heterocycles. The van der Waals surface area contributed by atoms with E-state index >= 15 is 0 Å². The fourth-order valence-electron chi connectivity index (χ4n) is 1.43. The molecule has 0 rings (SSSR count). The second kappa shape index (κ2) is 5.94. The van der Waals surface area contributed by atoms with Crippen LogP contribution in [0.25, 0.3) is 0 Å². The first-order chi connectivity index (χ1) is 6.79. The molecule has 0 N–H and O–H groups in total. The van der Waals surface area contributed by atoms with E-state index in [-0.39, 0.29) is 17.3 Å². The van der Waals surface area contributed by atoms with Gasteiger partial charge in [-0.05, 0) is 17.8 Å². The van der Waals surface area contributed by atoms with Crippen LogP contribution in [0.2, 0.25) is 0 Å². The molecule has 0 aliphatic heterocycles. The Balaban J connectivity index is 4.47. The predicted molar refractivity (Wildman–Crippen MR) is 63.6 cm³/mol. The third-order valence-electron chi connectivity index (χ3n) is 2.42. The molecule has 0 aliphatic rings. The number of allylic oxidation sites excluding steroid dienone is 2. The highest BCUT2D eigenvalue weighted by Crippen LogP contribution is 2.30. The monoisotopic (exact) mass is 212 g/mol. The first kappa shape index (κ1) is 14.2. The Hall–Kier alpha value is -0.790. The van der Waals surface area contributed by atoms with Crippen molar-refractivity contribution < 1.29 is 9.53 Å². The van der Waals surface area contributed by atoms with E-state index in [1.807, 2.05) is 0 Å². The molecule has 0 heterocycles. The van der Waals surface area contributed by atoms with Crippen LogP contribution in [0.1, 0.15) is 41.0 Å². The van der Waals surface area contributed by atoms with Gasteiger partial charge < -0.3 is 4.74 Å². The molecule has 15 heavy (non-hydrogen) atoms. The first-order valence-corrected chi connectivity index (χ1v) is 5.53. The first-order valence-electron chi connectivity index (χ1n) is 5.53. The van der Waals surface area contributed by atoms with Crippen molar-refractivity contribution >= 4 is 5.97 Å². The van der Waals surface area contributed by atoms with E-state index in [0.717, 1.165) is 6.42 Å². The van der Waals surface area contributed by atoms with Gasteiger partial charge in [-0.3, -0.25) is 4.79 Å². The summed E-state index contributed by atoms with van der Waals surface area (Å²) in [6.07, 6.45) is 4.97. The van der Waals surface area contributed by atoms with Crippen molar-refractivity contribution in [3.63, 3.8) is 0 Å². The fraction of sp³-hybridized carbons (Fsp3) is 0.769. The summed E-state index contributed by atoms with van der Waals surface area (Å²) in [5.41, 5.74) is -0.0472. The smallest absolute Gasteiger partial charge is 0.309 e. The lowest BCUT2D eigenvalue weighted by atomic mass is 9.78. The Kier molecular flexibility index (Phi) is 5.63. The summed E-state index contributed by atoms with van der Waals surface area (Å²) in [5.74, 6) is 0.358. The number of esters is 1. The van der Waals surface area contributed by atoms with Crippen molar-refractivity contribution in [3.8, 4) is 0 Å². The van der Waals surface area contributed by atoms with Gasteiger partial charge in [0.1, 0.15) is 0 Å². The topological polar surface area (TPSA) is 26.3 Å². The fourth-order valence-corrected chi connectivity index (χ4v) is 1.43. The van der Waals surface area contributed by atoms with Crippen LogP contribution in [0.3, 0.4) is 0 Å². The lowest BCUT2D eigenvalue weighted by Crippen LogP contribution is -2.29. The van der Waals surface area contributed by atoms with E-state index in [4.69, 9.17) is 4.74 Å². The summed E-state index contributed by atoms with van der Waals surface area (Å²) in [5, 5.41) is 0. The minimum absolute atomic E-state index is 0.0472. The maximum Gasteiger partial charge on any atom is 0.309 e. The highest BCUT2D eigenvalue weighted by molar-refractivity contribution is 5.73. The second-order valence-electron chi connectivity index (χ2n) is 5.35. The van der Waals surface area contributed by atoms with Gasteiger partial charge in [-0.15, -0.1) is 0 Å². The molecule has 2 heteroatoms. The number of rotatable bonds is 4. The Morgan fingerprint density at radius 2 is 1.87 bits per heavy atom. The molecular weight excluding hydrogens is 188 g/mol. The van der Waals surface area contributed by atoms with E-state index < -0.39 is 0 Å². The summed E-state index contributed by atoms with van der Waals surface area (Å²) < 4.78 is 4.82. The van der Waals surface area contributed by atoms with E-state index in [2.05, 4.69) is 46.8 Å². The van der Waals surface area contributed by atoms with E-state index in [1.165, 1.54) is 7.11 Å². The van der Waals surface area contributed by atoms with Crippen LogP contribution in [0.5, 0.6) is 0 Å². The summed E-state index contributed by atoms with van der Waals surface area (Å²) in [7, 11) is 1.45. The van der Waals surface area contributed by atoms with Gasteiger partial charge in [-0.2, -0.15) is 0 Å². The predicted octanol–water partition coefficient (Wildman–Crippen LogP) is 3.42. The third-order valence-corrected chi connectivity index (χ3v) is 2.42. The number of hydrogen-bond acceptors (Lipinski definition) is 2. The molecule has 1 atom stereocenters. The van der Waals surface area contributed by atoms with Crippen LogP contribution in [0, 0.1) is 17.3 Å². The molecule has 2 nitrogen and oxygen atoms in total. The van der Waals surface area contributed by atoms with Gasteiger partial charge in [0, 0.05) is 0 Å². The number of ether oxygens (including phenoxy) is 1. The molecular formula is C13H24O2. The third kappa shape index (κ3) is 5.60. The SMILES string of the molecule is COC(=O)C(C/C=C/C(C)C)C(C)(C)C. The Labute approximate surface area is 93.7 Å². The molecule has 0 aromatic rings. The van der Waals surface area contributed by atoms with Crippen LogP contribution in [0.15, 0.2) is 12.2 Å². The van der Waals surface area contributed by atoms with E-state index in [0.29, 0.717) is 5.92 Å². The Bertz CT molecular complexity index is 221. The highest BCUT2D eigenvalue weighted by Gasteiger charge is 2.30. The lowest BCUT2D eigenvalue weighted by Gasteiger charge is -2.27. The standard InChI is InChI=1S/C13H24O2/c1-10(2)8-7-9-11(12(14)15-6)13(3,4)5/h7-8,10-11H,9H2,1-6H3/b8-7+. The molecule has 1 unspecified atom stereocenters. The summed E-state index contributed by atoms with van der Waals surface area (Å²) in [6.45, 7) is 10.5. The number of hydrogen-bond donors (Lipinski definition) is 0. The van der Waals surface area contributed by atoms with Gasteiger partial charge in [0.25, 0.3) is 0 Å². The van der Waals surface area contributed by atoms with E-state index in [1.54, 1.807) is 0 Å². The van der Waals surface area contributed by atoms with Crippen molar-refractivity contribution in [2.75, 3.05) is 7.11 Å². The van der Waals surface area contributed by atoms with Crippen molar-refractivity contribution in [1.82, 2.24) is 0 Å². The molecule has 0 saturated carbocycles. The summed E-state index contributed by atoms with van der Waals surface area (Å²) >= 11 is 0. The number of carbonyl (C=O) groups excluding carboxylic acids is 1. The van der Waals surface area contributed by atoms with Crippen LogP contribution in [-0.2, 0) is 9.53 Å². The summed E-state index contributed by atoms with van der Waals surface area (Å²) in [4.78, 5) is 11.6. The molecule has 0 amide bonds. The highest BCUT2D eigenvalue weighted by atomic mass is 16.5. The van der Waals surface area contributed by atoms with Crippen molar-refractivity contribution in [2.24, 2.45) is 17.3 Å². The normalized spacial score (nSPS) is 14.6. The van der Waals surface area contributed by atoms with Crippen LogP contribution >= 0.6 is 0 Å². The molecule has 0 fully saturated rings. The van der Waals surface area contributed by atoms with Crippen LogP contribution < -0.4 is 0 Å². The largest absolute Gasteiger partial charge is 0.469 e. The van der Waals surface area contributed by atoms with Gasteiger partial charge in [-0.1, -0.05) is 46.8 Å². The second-order valence-corrected chi connectivity index (χ2v) is 5.35. The van der Waals surface area contributed by atoms with Crippen LogP contribution in [-0.4, -0.2) is 13.1 Å². The summed E-state index contributed by atoms with van der Waals surface area (Å²) in [6, 6.07) is 0.